The summed E-state index contributed by atoms with van der Waals surface area (Å²) in [5, 5.41) is 8.16. The van der Waals surface area contributed by atoms with Crippen LogP contribution in [-0.2, 0) is 0 Å². The van der Waals surface area contributed by atoms with Crippen molar-refractivity contribution in [2.45, 2.75) is 46.6 Å². The molecule has 1 aliphatic heterocycles. The van der Waals surface area contributed by atoms with Gasteiger partial charge in [-0.05, 0) is 58.2 Å². The molecule has 0 atom stereocenters. The van der Waals surface area contributed by atoms with Crippen molar-refractivity contribution in [3.05, 3.63) is 52.8 Å². The maximum Gasteiger partial charge on any atom is 0.257 e. The first-order valence-electron chi connectivity index (χ1n) is 10.4. The molecule has 0 bridgehead atoms. The number of likely N-dealkylation sites (tertiary alicyclic amines) is 1. The van der Waals surface area contributed by atoms with E-state index in [0.29, 0.717) is 22.5 Å². The van der Waals surface area contributed by atoms with E-state index in [1.807, 2.05) is 55.5 Å². The maximum absolute atomic E-state index is 13.1. The Morgan fingerprint density at radius 3 is 2.57 bits per heavy atom. The van der Waals surface area contributed by atoms with Crippen LogP contribution in [0.3, 0.4) is 0 Å². The van der Waals surface area contributed by atoms with E-state index < -0.39 is 0 Å². The van der Waals surface area contributed by atoms with Gasteiger partial charge in [0.1, 0.15) is 0 Å². The summed E-state index contributed by atoms with van der Waals surface area (Å²) in [6, 6.07) is 7.54. The van der Waals surface area contributed by atoms with Crippen molar-refractivity contribution in [1.82, 2.24) is 19.7 Å². The fourth-order valence-corrected chi connectivity index (χ4v) is 4.00. The van der Waals surface area contributed by atoms with Crippen molar-refractivity contribution < 1.29 is 9.59 Å². The second kappa shape index (κ2) is 7.89. The number of carbonyl (C=O) groups excluding carboxylic acids is 2. The van der Waals surface area contributed by atoms with Gasteiger partial charge in [-0.1, -0.05) is 12.1 Å². The monoisotopic (exact) mass is 405 g/mol. The van der Waals surface area contributed by atoms with E-state index in [1.54, 1.807) is 12.3 Å². The molecule has 0 unspecified atom stereocenters. The van der Waals surface area contributed by atoms with Crippen LogP contribution in [-0.4, -0.2) is 44.6 Å². The normalized spacial score (nSPS) is 14.0. The van der Waals surface area contributed by atoms with Crippen LogP contribution in [0.4, 0.5) is 5.69 Å². The molecule has 156 valence electrons. The zero-order valence-corrected chi connectivity index (χ0v) is 17.9. The second-order valence-corrected chi connectivity index (χ2v) is 8.17. The van der Waals surface area contributed by atoms with Gasteiger partial charge in [0.2, 0.25) is 0 Å². The van der Waals surface area contributed by atoms with E-state index in [1.165, 1.54) is 0 Å². The number of anilines is 1. The molecule has 0 spiro atoms. The summed E-state index contributed by atoms with van der Waals surface area (Å²) in [5.74, 6) is -0.301. The van der Waals surface area contributed by atoms with Crippen molar-refractivity contribution in [3.8, 4) is 0 Å². The first-order chi connectivity index (χ1) is 14.4. The Labute approximate surface area is 176 Å². The highest BCUT2D eigenvalue weighted by molar-refractivity contribution is 6.10. The first-order valence-corrected chi connectivity index (χ1v) is 10.4. The Morgan fingerprint density at radius 1 is 1.13 bits per heavy atom. The summed E-state index contributed by atoms with van der Waals surface area (Å²) in [4.78, 5) is 32.7. The Morgan fingerprint density at radius 2 is 1.87 bits per heavy atom. The highest BCUT2D eigenvalue weighted by atomic mass is 16.2. The summed E-state index contributed by atoms with van der Waals surface area (Å²) in [7, 11) is 0. The third kappa shape index (κ3) is 3.56. The lowest BCUT2D eigenvalue weighted by Gasteiger charge is -2.20. The molecule has 4 rings (SSSR count). The van der Waals surface area contributed by atoms with Gasteiger partial charge >= 0.3 is 0 Å². The zero-order valence-electron chi connectivity index (χ0n) is 17.9. The summed E-state index contributed by atoms with van der Waals surface area (Å²) in [6.45, 7) is 9.33. The van der Waals surface area contributed by atoms with Gasteiger partial charge in [-0.15, -0.1) is 0 Å². The van der Waals surface area contributed by atoms with Crippen LogP contribution < -0.4 is 5.32 Å². The highest BCUT2D eigenvalue weighted by Crippen LogP contribution is 2.25. The first kappa shape index (κ1) is 20.1. The number of hydrogen-bond acceptors (Lipinski definition) is 4. The number of pyridine rings is 1. The number of hydrogen-bond donors (Lipinski definition) is 1. The summed E-state index contributed by atoms with van der Waals surface area (Å²) in [6.07, 6.45) is 3.77. The molecule has 2 aromatic heterocycles. The fraction of sp³-hybridized carbons (Fsp3) is 0.391. The number of nitrogens with zero attached hydrogens (tertiary/aromatic N) is 4. The molecule has 1 aliphatic rings. The standard InChI is InChI=1S/C23H27N5O2/c1-14(2)28-21-17(13-24-28)12-18(16(4)25-21)22(29)26-19-9-7-8-15(3)20(19)23(30)27-10-5-6-11-27/h7-9,12-14H,5-6,10-11H2,1-4H3,(H,26,29). The molecular formula is C23H27N5O2. The van der Waals surface area contributed by atoms with Crippen LogP contribution in [0.25, 0.3) is 11.0 Å². The van der Waals surface area contributed by atoms with Gasteiger partial charge in [-0.2, -0.15) is 5.10 Å². The van der Waals surface area contributed by atoms with Crippen molar-refractivity contribution in [3.63, 3.8) is 0 Å². The van der Waals surface area contributed by atoms with E-state index in [-0.39, 0.29) is 17.9 Å². The predicted octanol–water partition coefficient (Wildman–Crippen LogP) is 4.12. The SMILES string of the molecule is Cc1cccc(NC(=O)c2cc3cnn(C(C)C)c3nc2C)c1C(=O)N1CCCC1. The van der Waals surface area contributed by atoms with Gasteiger partial charge in [0.25, 0.3) is 11.8 Å². The molecule has 1 saturated heterocycles. The Balaban J connectivity index is 1.67. The van der Waals surface area contributed by atoms with Crippen LogP contribution in [0.1, 0.15) is 64.7 Å². The number of fused-ring (bicyclic) bond motifs is 1. The van der Waals surface area contributed by atoms with Gasteiger partial charge in [0, 0.05) is 24.5 Å². The molecule has 0 aliphatic carbocycles. The molecular weight excluding hydrogens is 378 g/mol. The highest BCUT2D eigenvalue weighted by Gasteiger charge is 2.25. The van der Waals surface area contributed by atoms with Crippen molar-refractivity contribution in [2.75, 3.05) is 18.4 Å². The van der Waals surface area contributed by atoms with Crippen LogP contribution >= 0.6 is 0 Å². The molecule has 3 heterocycles. The van der Waals surface area contributed by atoms with Crippen LogP contribution in [0, 0.1) is 13.8 Å². The minimum Gasteiger partial charge on any atom is -0.339 e. The third-order valence-corrected chi connectivity index (χ3v) is 5.62. The number of rotatable bonds is 4. The average molecular weight is 406 g/mol. The molecule has 7 nitrogen and oxygen atoms in total. The van der Waals surface area contributed by atoms with Crippen LogP contribution in [0.5, 0.6) is 0 Å². The number of amides is 2. The van der Waals surface area contributed by atoms with E-state index in [2.05, 4.69) is 15.4 Å². The molecule has 30 heavy (non-hydrogen) atoms. The maximum atomic E-state index is 13.1. The van der Waals surface area contributed by atoms with E-state index in [9.17, 15) is 9.59 Å². The minimum absolute atomic E-state index is 0.0237. The predicted molar refractivity (Wildman–Crippen MR) is 117 cm³/mol. The van der Waals surface area contributed by atoms with E-state index >= 15 is 0 Å². The number of carbonyl (C=O) groups is 2. The third-order valence-electron chi connectivity index (χ3n) is 5.62. The fourth-order valence-electron chi connectivity index (χ4n) is 4.00. The molecule has 7 heteroatoms. The molecule has 3 aromatic rings. The van der Waals surface area contributed by atoms with Crippen molar-refractivity contribution in [1.29, 1.82) is 0 Å². The minimum atomic E-state index is -0.278. The van der Waals surface area contributed by atoms with Gasteiger partial charge in [0.15, 0.2) is 5.65 Å². The van der Waals surface area contributed by atoms with Crippen molar-refractivity contribution >= 4 is 28.5 Å². The van der Waals surface area contributed by atoms with E-state index in [0.717, 1.165) is 42.5 Å². The van der Waals surface area contributed by atoms with Gasteiger partial charge in [-0.25, -0.2) is 9.67 Å². The second-order valence-electron chi connectivity index (χ2n) is 8.17. The van der Waals surface area contributed by atoms with Gasteiger partial charge in [0.05, 0.1) is 28.7 Å². The van der Waals surface area contributed by atoms with Crippen LogP contribution in [0.2, 0.25) is 0 Å². The van der Waals surface area contributed by atoms with Gasteiger partial charge in [-0.3, -0.25) is 9.59 Å². The molecule has 0 radical (unpaired) electrons. The molecule has 1 N–H and O–H groups in total. The summed E-state index contributed by atoms with van der Waals surface area (Å²) < 4.78 is 1.84. The summed E-state index contributed by atoms with van der Waals surface area (Å²) >= 11 is 0. The molecule has 2 amide bonds. The Bertz CT molecular complexity index is 1130. The number of aromatic nitrogens is 3. The quantitative estimate of drug-likeness (QED) is 0.708. The molecule has 1 fully saturated rings. The lowest BCUT2D eigenvalue weighted by atomic mass is 10.0. The lowest BCUT2D eigenvalue weighted by Crippen LogP contribution is -2.29. The number of benzene rings is 1. The smallest absolute Gasteiger partial charge is 0.257 e. The number of aryl methyl sites for hydroxylation is 2. The Kier molecular flexibility index (Phi) is 5.28. The van der Waals surface area contributed by atoms with Crippen molar-refractivity contribution in [2.24, 2.45) is 0 Å². The summed E-state index contributed by atoms with van der Waals surface area (Å²) in [5.41, 5.74) is 3.82. The van der Waals surface area contributed by atoms with Crippen LogP contribution in [0.15, 0.2) is 30.5 Å². The average Bonchev–Trinajstić information content (AvgIpc) is 3.36. The largest absolute Gasteiger partial charge is 0.339 e. The number of nitrogens with one attached hydrogen (secondary N) is 1. The Hall–Kier alpha value is -3.22. The topological polar surface area (TPSA) is 80.1 Å². The zero-order chi connectivity index (χ0) is 21.4. The molecule has 1 aromatic carbocycles. The van der Waals surface area contributed by atoms with E-state index in [4.69, 9.17) is 0 Å². The van der Waals surface area contributed by atoms with Gasteiger partial charge < -0.3 is 10.2 Å². The lowest BCUT2D eigenvalue weighted by molar-refractivity contribution is 0.0793. The molecule has 0 saturated carbocycles.